The van der Waals surface area contributed by atoms with Gasteiger partial charge in [-0.15, -0.1) is 0 Å². The molecule has 1 aromatic heterocycles. The van der Waals surface area contributed by atoms with Crippen molar-refractivity contribution in [2.24, 2.45) is 0 Å². The number of hydrogen-bond donors (Lipinski definition) is 0. The minimum atomic E-state index is -0.509. The van der Waals surface area contributed by atoms with Crippen LogP contribution in [0.5, 0.6) is 5.88 Å². The summed E-state index contributed by atoms with van der Waals surface area (Å²) in [6, 6.07) is 0. The first-order valence-electron chi connectivity index (χ1n) is 3.22. The van der Waals surface area contributed by atoms with Crippen LogP contribution in [0, 0.1) is 0 Å². The fourth-order valence-corrected chi connectivity index (χ4v) is 0.632. The van der Waals surface area contributed by atoms with E-state index in [0.29, 0.717) is 5.88 Å². The van der Waals surface area contributed by atoms with Crippen LogP contribution >= 0.6 is 0 Å². The molecule has 0 amide bonds. The molecule has 0 aliphatic rings. The molecule has 1 aromatic rings. The minimum absolute atomic E-state index is 0.165. The van der Waals surface area contributed by atoms with Gasteiger partial charge in [-0.25, -0.2) is 14.8 Å². The van der Waals surface area contributed by atoms with Gasteiger partial charge in [-0.2, -0.15) is 0 Å². The molecule has 0 aromatic carbocycles. The molecule has 0 saturated carbocycles. The average molecular weight is 168 g/mol. The van der Waals surface area contributed by atoms with E-state index in [2.05, 4.69) is 14.7 Å². The molecule has 0 unspecified atom stereocenters. The van der Waals surface area contributed by atoms with Crippen LogP contribution in [0.25, 0.3) is 0 Å². The Morgan fingerprint density at radius 3 is 2.50 bits per heavy atom. The molecule has 1 heterocycles. The number of ether oxygens (including phenoxy) is 2. The summed E-state index contributed by atoms with van der Waals surface area (Å²) in [6.07, 6.45) is 2.65. The van der Waals surface area contributed by atoms with Crippen molar-refractivity contribution in [3.05, 3.63) is 18.1 Å². The molecule has 64 valence electrons. The van der Waals surface area contributed by atoms with Crippen LogP contribution in [0.3, 0.4) is 0 Å². The highest BCUT2D eigenvalue weighted by atomic mass is 16.5. The topological polar surface area (TPSA) is 61.3 Å². The molecule has 0 fully saturated rings. The second-order valence-corrected chi connectivity index (χ2v) is 1.94. The Labute approximate surface area is 69.4 Å². The first-order valence-corrected chi connectivity index (χ1v) is 3.22. The third-order valence-electron chi connectivity index (χ3n) is 1.23. The average Bonchev–Trinajstić information content (AvgIpc) is 2.17. The summed E-state index contributed by atoms with van der Waals surface area (Å²) in [6.45, 7) is 0. The second kappa shape index (κ2) is 3.66. The van der Waals surface area contributed by atoms with Crippen molar-refractivity contribution in [2.75, 3.05) is 14.2 Å². The molecule has 5 heteroatoms. The number of esters is 1. The van der Waals surface area contributed by atoms with Crippen LogP contribution in [0.1, 0.15) is 10.5 Å². The smallest absolute Gasteiger partial charge is 0.358 e. The summed E-state index contributed by atoms with van der Waals surface area (Å²) < 4.78 is 9.18. The lowest BCUT2D eigenvalue weighted by molar-refractivity contribution is 0.0593. The van der Waals surface area contributed by atoms with Crippen LogP contribution in [-0.2, 0) is 4.74 Å². The Hall–Kier alpha value is -1.65. The number of hydrogen-bond acceptors (Lipinski definition) is 5. The lowest BCUT2D eigenvalue weighted by atomic mass is 10.5. The predicted molar refractivity (Wildman–Crippen MR) is 39.9 cm³/mol. The Kier molecular flexibility index (Phi) is 2.57. The van der Waals surface area contributed by atoms with Crippen LogP contribution < -0.4 is 4.74 Å². The van der Waals surface area contributed by atoms with E-state index in [0.717, 1.165) is 0 Å². The predicted octanol–water partition coefficient (Wildman–Crippen LogP) is 0.272. The Bertz CT molecular complexity index is 270. The minimum Gasteiger partial charge on any atom is -0.480 e. The monoisotopic (exact) mass is 168 g/mol. The van der Waals surface area contributed by atoms with Crippen LogP contribution in [0.15, 0.2) is 12.4 Å². The van der Waals surface area contributed by atoms with Crippen molar-refractivity contribution in [2.45, 2.75) is 0 Å². The van der Waals surface area contributed by atoms with E-state index in [9.17, 15) is 4.79 Å². The zero-order chi connectivity index (χ0) is 8.97. The van der Waals surface area contributed by atoms with Gasteiger partial charge >= 0.3 is 5.97 Å². The normalized spacial score (nSPS) is 9.17. The summed E-state index contributed by atoms with van der Waals surface area (Å²) in [7, 11) is 2.76. The van der Waals surface area contributed by atoms with E-state index < -0.39 is 5.97 Å². The first-order chi connectivity index (χ1) is 5.77. The highest BCUT2D eigenvalue weighted by Gasteiger charge is 2.06. The largest absolute Gasteiger partial charge is 0.480 e. The number of nitrogens with zero attached hydrogens (tertiary/aromatic N) is 2. The van der Waals surface area contributed by atoms with Gasteiger partial charge in [0.25, 0.3) is 0 Å². The summed E-state index contributed by atoms with van der Waals surface area (Å²) >= 11 is 0. The van der Waals surface area contributed by atoms with Gasteiger partial charge in [0.1, 0.15) is 0 Å². The number of carbonyl (C=O) groups excluding carboxylic acids is 1. The lowest BCUT2D eigenvalue weighted by Gasteiger charge is -1.98. The fraction of sp³-hybridized carbons (Fsp3) is 0.286. The summed E-state index contributed by atoms with van der Waals surface area (Å²) in [5.41, 5.74) is 0.165. The molecule has 1 rings (SSSR count). The number of rotatable bonds is 2. The van der Waals surface area contributed by atoms with Gasteiger partial charge in [-0.05, 0) is 0 Å². The number of carbonyl (C=O) groups is 1. The molecule has 0 saturated heterocycles. The van der Waals surface area contributed by atoms with Gasteiger partial charge in [0, 0.05) is 0 Å². The van der Waals surface area contributed by atoms with Crippen molar-refractivity contribution in [1.29, 1.82) is 0 Å². The molecule has 0 N–H and O–H groups in total. The molecule has 0 bridgehead atoms. The van der Waals surface area contributed by atoms with Crippen LogP contribution in [-0.4, -0.2) is 30.2 Å². The van der Waals surface area contributed by atoms with Crippen molar-refractivity contribution in [1.82, 2.24) is 9.97 Å². The van der Waals surface area contributed by atoms with Crippen molar-refractivity contribution >= 4 is 5.97 Å². The van der Waals surface area contributed by atoms with Crippen molar-refractivity contribution < 1.29 is 14.3 Å². The maximum Gasteiger partial charge on any atom is 0.358 e. The highest BCUT2D eigenvalue weighted by molar-refractivity contribution is 5.86. The maximum atomic E-state index is 10.8. The summed E-state index contributed by atoms with van der Waals surface area (Å²) in [5.74, 6) is -0.146. The van der Waals surface area contributed by atoms with Gasteiger partial charge in [0.05, 0.1) is 26.6 Å². The molecule has 5 nitrogen and oxygen atoms in total. The van der Waals surface area contributed by atoms with E-state index in [4.69, 9.17) is 4.74 Å². The molecule has 12 heavy (non-hydrogen) atoms. The molecule has 0 aliphatic heterocycles. The van der Waals surface area contributed by atoms with E-state index in [1.807, 2.05) is 0 Å². The lowest BCUT2D eigenvalue weighted by Crippen LogP contribution is -2.04. The van der Waals surface area contributed by atoms with Crippen LogP contribution in [0.4, 0.5) is 0 Å². The summed E-state index contributed by atoms with van der Waals surface area (Å²) in [4.78, 5) is 18.4. The number of methoxy groups -OCH3 is 2. The van der Waals surface area contributed by atoms with E-state index in [1.165, 1.54) is 26.6 Å². The Balaban J connectivity index is 2.84. The third kappa shape index (κ3) is 1.69. The zero-order valence-electron chi connectivity index (χ0n) is 6.77. The van der Waals surface area contributed by atoms with E-state index in [-0.39, 0.29) is 5.69 Å². The molecule has 0 spiro atoms. The molecule has 0 atom stereocenters. The van der Waals surface area contributed by atoms with Gasteiger partial charge in [-0.1, -0.05) is 0 Å². The van der Waals surface area contributed by atoms with Gasteiger partial charge < -0.3 is 9.47 Å². The zero-order valence-corrected chi connectivity index (χ0v) is 6.77. The summed E-state index contributed by atoms with van der Waals surface area (Å²) in [5, 5.41) is 0. The quantitative estimate of drug-likeness (QED) is 0.593. The second-order valence-electron chi connectivity index (χ2n) is 1.94. The van der Waals surface area contributed by atoms with Crippen LogP contribution in [0.2, 0.25) is 0 Å². The fourth-order valence-electron chi connectivity index (χ4n) is 0.632. The van der Waals surface area contributed by atoms with Gasteiger partial charge in [0.2, 0.25) is 5.88 Å². The third-order valence-corrected chi connectivity index (χ3v) is 1.23. The molecule has 0 aliphatic carbocycles. The SMILES string of the molecule is COC(=O)c1cnc(OC)cn1. The van der Waals surface area contributed by atoms with Gasteiger partial charge in [0.15, 0.2) is 5.69 Å². The molecular weight excluding hydrogens is 160 g/mol. The number of aromatic nitrogens is 2. The Morgan fingerprint density at radius 1 is 1.33 bits per heavy atom. The maximum absolute atomic E-state index is 10.8. The standard InChI is InChI=1S/C7H8N2O3/c1-11-6-4-8-5(3-9-6)7(10)12-2/h3-4H,1-2H3. The highest BCUT2D eigenvalue weighted by Crippen LogP contribution is 2.02. The van der Waals surface area contributed by atoms with Gasteiger partial charge in [-0.3, -0.25) is 0 Å². The first kappa shape index (κ1) is 8.45. The van der Waals surface area contributed by atoms with Crippen molar-refractivity contribution in [3.8, 4) is 5.88 Å². The van der Waals surface area contributed by atoms with E-state index in [1.54, 1.807) is 0 Å². The Morgan fingerprint density at radius 2 is 2.08 bits per heavy atom. The van der Waals surface area contributed by atoms with E-state index >= 15 is 0 Å². The molecular formula is C7H8N2O3. The molecule has 0 radical (unpaired) electrons. The van der Waals surface area contributed by atoms with Crippen molar-refractivity contribution in [3.63, 3.8) is 0 Å².